The Labute approximate surface area is 174 Å². The quantitative estimate of drug-likeness (QED) is 0.533. The summed E-state index contributed by atoms with van der Waals surface area (Å²) < 4.78 is 56.3. The van der Waals surface area contributed by atoms with E-state index in [-0.39, 0.29) is 29.5 Å². The number of hydrogen-bond donors (Lipinski definition) is 0. The lowest BCUT2D eigenvalue weighted by Crippen LogP contribution is -2.50. The molecule has 11 heteroatoms. The van der Waals surface area contributed by atoms with Crippen LogP contribution >= 0.6 is 11.6 Å². The Hall–Kier alpha value is -2.88. The summed E-state index contributed by atoms with van der Waals surface area (Å²) in [5, 5.41) is -0.131. The van der Waals surface area contributed by atoms with Gasteiger partial charge in [0.05, 0.1) is 16.1 Å². The van der Waals surface area contributed by atoms with Gasteiger partial charge < -0.3 is 14.5 Å². The van der Waals surface area contributed by atoms with Crippen molar-refractivity contribution in [1.29, 1.82) is 0 Å². The SMILES string of the molecule is O=C(OCC(=O)N1CCN(c2ncc(C(F)(F)F)cc2Cl)CC1)c1cccc(F)c1. The number of esters is 1. The lowest BCUT2D eigenvalue weighted by atomic mass is 10.2. The molecule has 0 aliphatic carbocycles. The summed E-state index contributed by atoms with van der Waals surface area (Å²) in [6, 6.07) is 5.72. The molecule has 0 atom stereocenters. The Morgan fingerprint density at radius 2 is 1.83 bits per heavy atom. The van der Waals surface area contributed by atoms with Gasteiger partial charge in [-0.25, -0.2) is 14.2 Å². The number of benzene rings is 1. The minimum absolute atomic E-state index is 0.00404. The number of rotatable bonds is 4. The van der Waals surface area contributed by atoms with E-state index in [1.54, 1.807) is 4.90 Å². The number of piperazine rings is 1. The summed E-state index contributed by atoms with van der Waals surface area (Å²) in [5.74, 6) is -1.65. The maximum Gasteiger partial charge on any atom is 0.417 e. The molecule has 1 saturated heterocycles. The number of carbonyl (C=O) groups is 2. The predicted molar refractivity (Wildman–Crippen MR) is 99.7 cm³/mol. The number of halogens is 5. The van der Waals surface area contributed by atoms with E-state index in [9.17, 15) is 27.2 Å². The fraction of sp³-hybridized carbons (Fsp3) is 0.316. The minimum Gasteiger partial charge on any atom is -0.452 e. The van der Waals surface area contributed by atoms with Gasteiger partial charge in [-0.15, -0.1) is 0 Å². The van der Waals surface area contributed by atoms with Crippen molar-refractivity contribution in [2.45, 2.75) is 6.18 Å². The molecule has 30 heavy (non-hydrogen) atoms. The number of amides is 1. The van der Waals surface area contributed by atoms with Crippen molar-refractivity contribution in [3.8, 4) is 0 Å². The molecule has 1 aromatic carbocycles. The first-order valence-electron chi connectivity index (χ1n) is 8.83. The van der Waals surface area contributed by atoms with Gasteiger partial charge in [-0.2, -0.15) is 13.2 Å². The topological polar surface area (TPSA) is 62.7 Å². The van der Waals surface area contributed by atoms with Crippen molar-refractivity contribution in [3.05, 3.63) is 58.5 Å². The molecule has 2 aromatic rings. The number of alkyl halides is 3. The van der Waals surface area contributed by atoms with E-state index in [2.05, 4.69) is 4.98 Å². The van der Waals surface area contributed by atoms with E-state index in [4.69, 9.17) is 16.3 Å². The average Bonchev–Trinajstić information content (AvgIpc) is 2.71. The molecule has 0 unspecified atom stereocenters. The number of ether oxygens (including phenoxy) is 1. The zero-order valence-corrected chi connectivity index (χ0v) is 16.2. The summed E-state index contributed by atoms with van der Waals surface area (Å²) in [6.45, 7) is 0.572. The second-order valence-corrected chi connectivity index (χ2v) is 6.89. The molecule has 0 bridgehead atoms. The lowest BCUT2D eigenvalue weighted by Gasteiger charge is -2.35. The summed E-state index contributed by atoms with van der Waals surface area (Å²) in [7, 11) is 0. The smallest absolute Gasteiger partial charge is 0.417 e. The van der Waals surface area contributed by atoms with Gasteiger partial charge in [-0.1, -0.05) is 17.7 Å². The Balaban J connectivity index is 1.53. The normalized spacial score (nSPS) is 14.6. The third kappa shape index (κ3) is 5.18. The number of anilines is 1. The highest BCUT2D eigenvalue weighted by atomic mass is 35.5. The highest BCUT2D eigenvalue weighted by Crippen LogP contribution is 2.33. The second kappa shape index (κ2) is 8.86. The molecule has 0 saturated carbocycles. The minimum atomic E-state index is -4.54. The van der Waals surface area contributed by atoms with E-state index >= 15 is 0 Å². The molecule has 0 N–H and O–H groups in total. The fourth-order valence-corrected chi connectivity index (χ4v) is 3.19. The van der Waals surface area contributed by atoms with Crippen LogP contribution in [0.3, 0.4) is 0 Å². The largest absolute Gasteiger partial charge is 0.452 e. The molecular formula is C19H16ClF4N3O3. The maximum absolute atomic E-state index is 13.1. The number of pyridine rings is 1. The molecule has 3 rings (SSSR count). The van der Waals surface area contributed by atoms with Crippen LogP contribution < -0.4 is 4.90 Å². The monoisotopic (exact) mass is 445 g/mol. The van der Waals surface area contributed by atoms with Gasteiger partial charge in [-0.05, 0) is 24.3 Å². The molecule has 1 fully saturated rings. The maximum atomic E-state index is 13.1. The zero-order chi connectivity index (χ0) is 21.9. The van der Waals surface area contributed by atoms with Crippen LogP contribution in [0.4, 0.5) is 23.4 Å². The Kier molecular flexibility index (Phi) is 6.45. The summed E-state index contributed by atoms with van der Waals surface area (Å²) in [4.78, 5) is 31.1. The molecule has 1 amide bonds. The van der Waals surface area contributed by atoms with Crippen molar-refractivity contribution < 1.29 is 31.9 Å². The number of carbonyl (C=O) groups excluding carboxylic acids is 2. The van der Waals surface area contributed by atoms with Crippen LogP contribution in [0.2, 0.25) is 5.02 Å². The zero-order valence-electron chi connectivity index (χ0n) is 15.5. The second-order valence-electron chi connectivity index (χ2n) is 6.48. The Morgan fingerprint density at radius 3 is 2.43 bits per heavy atom. The van der Waals surface area contributed by atoms with Crippen molar-refractivity contribution in [3.63, 3.8) is 0 Å². The molecule has 160 valence electrons. The summed E-state index contributed by atoms with van der Waals surface area (Å²) >= 11 is 5.95. The lowest BCUT2D eigenvalue weighted by molar-refractivity contribution is -0.138. The first-order valence-corrected chi connectivity index (χ1v) is 9.21. The van der Waals surface area contributed by atoms with Gasteiger partial charge in [0.2, 0.25) is 0 Å². The Bertz CT molecular complexity index is 947. The van der Waals surface area contributed by atoms with Crippen LogP contribution in [0.5, 0.6) is 0 Å². The number of aromatic nitrogens is 1. The third-order valence-corrected chi connectivity index (χ3v) is 4.75. The molecule has 6 nitrogen and oxygen atoms in total. The van der Waals surface area contributed by atoms with Gasteiger partial charge in [-0.3, -0.25) is 4.79 Å². The van der Waals surface area contributed by atoms with Crippen LogP contribution in [0, 0.1) is 5.82 Å². The van der Waals surface area contributed by atoms with Gasteiger partial charge in [0.15, 0.2) is 6.61 Å². The van der Waals surface area contributed by atoms with Crippen LogP contribution in [0.1, 0.15) is 15.9 Å². The van der Waals surface area contributed by atoms with Gasteiger partial charge >= 0.3 is 12.1 Å². The molecule has 0 radical (unpaired) electrons. The van der Waals surface area contributed by atoms with E-state index in [0.29, 0.717) is 19.3 Å². The van der Waals surface area contributed by atoms with Crippen molar-refractivity contribution in [2.24, 2.45) is 0 Å². The van der Waals surface area contributed by atoms with E-state index in [1.165, 1.54) is 23.1 Å². The van der Waals surface area contributed by atoms with Crippen LogP contribution in [-0.4, -0.2) is 54.5 Å². The van der Waals surface area contributed by atoms with Crippen molar-refractivity contribution >= 4 is 29.3 Å². The molecule has 2 heterocycles. The summed E-state index contributed by atoms with van der Waals surface area (Å²) in [6.07, 6.45) is -3.83. The fourth-order valence-electron chi connectivity index (χ4n) is 2.90. The van der Waals surface area contributed by atoms with Crippen LogP contribution in [0.15, 0.2) is 36.5 Å². The van der Waals surface area contributed by atoms with Crippen molar-refractivity contribution in [2.75, 3.05) is 37.7 Å². The summed E-state index contributed by atoms with van der Waals surface area (Å²) in [5.41, 5.74) is -0.944. The molecule has 1 aliphatic rings. The molecule has 1 aliphatic heterocycles. The average molecular weight is 446 g/mol. The standard InChI is InChI=1S/C19H16ClF4N3O3/c20-15-9-13(19(22,23)24)10-25-17(15)27-6-4-26(5-7-27)16(28)11-30-18(29)12-2-1-3-14(21)8-12/h1-3,8-10H,4-7,11H2. The first-order chi connectivity index (χ1) is 14.1. The third-order valence-electron chi connectivity index (χ3n) is 4.47. The van der Waals surface area contributed by atoms with Crippen molar-refractivity contribution in [1.82, 2.24) is 9.88 Å². The van der Waals surface area contributed by atoms with E-state index in [0.717, 1.165) is 12.1 Å². The highest BCUT2D eigenvalue weighted by Gasteiger charge is 2.32. The van der Waals surface area contributed by atoms with Gasteiger partial charge in [0, 0.05) is 32.4 Å². The first kappa shape index (κ1) is 21.8. The van der Waals surface area contributed by atoms with Crippen LogP contribution in [0.25, 0.3) is 0 Å². The highest BCUT2D eigenvalue weighted by molar-refractivity contribution is 6.33. The molecule has 0 spiro atoms. The Morgan fingerprint density at radius 1 is 1.13 bits per heavy atom. The van der Waals surface area contributed by atoms with Crippen LogP contribution in [-0.2, 0) is 15.7 Å². The molecule has 1 aromatic heterocycles. The predicted octanol–water partition coefficient (Wildman–Crippen LogP) is 3.40. The van der Waals surface area contributed by atoms with E-state index < -0.39 is 36.0 Å². The number of hydrogen-bond acceptors (Lipinski definition) is 5. The van der Waals surface area contributed by atoms with Gasteiger partial charge in [0.1, 0.15) is 11.6 Å². The van der Waals surface area contributed by atoms with Gasteiger partial charge in [0.25, 0.3) is 5.91 Å². The number of nitrogens with zero attached hydrogens (tertiary/aromatic N) is 3. The molecular weight excluding hydrogens is 430 g/mol. The van der Waals surface area contributed by atoms with E-state index in [1.807, 2.05) is 0 Å².